The van der Waals surface area contributed by atoms with Gasteiger partial charge in [-0.25, -0.2) is 5.01 Å². The van der Waals surface area contributed by atoms with E-state index >= 15 is 0 Å². The summed E-state index contributed by atoms with van der Waals surface area (Å²) in [7, 11) is 8.19. The molecule has 1 amide bonds. The first-order valence-electron chi connectivity index (χ1n) is 14.4. The average Bonchev–Trinajstić information content (AvgIpc) is 3.28. The Morgan fingerprint density at radius 2 is 1.77 bits per heavy atom. The van der Waals surface area contributed by atoms with E-state index in [4.69, 9.17) is 9.47 Å². The molecule has 1 aromatic rings. The van der Waals surface area contributed by atoms with Crippen molar-refractivity contribution in [3.8, 4) is 5.75 Å². The zero-order valence-corrected chi connectivity index (χ0v) is 26.2. The van der Waals surface area contributed by atoms with Gasteiger partial charge in [0.15, 0.2) is 0 Å². The summed E-state index contributed by atoms with van der Waals surface area (Å²) in [5.74, 6) is 2.04. The third kappa shape index (κ3) is 7.17. The summed E-state index contributed by atoms with van der Waals surface area (Å²) in [6.07, 6.45) is 6.93. The molecule has 2 unspecified atom stereocenters. The van der Waals surface area contributed by atoms with Crippen LogP contribution in [0.1, 0.15) is 79.3 Å². The Labute approximate surface area is 237 Å². The van der Waals surface area contributed by atoms with Gasteiger partial charge in [-0.15, -0.1) is 0 Å². The minimum absolute atomic E-state index is 0.0122. The summed E-state index contributed by atoms with van der Waals surface area (Å²) in [4.78, 5) is 17.5. The number of methoxy groups -OCH3 is 1. The number of benzene rings is 1. The molecule has 2 heterocycles. The van der Waals surface area contributed by atoms with Crippen LogP contribution in [0.3, 0.4) is 0 Å². The first-order chi connectivity index (χ1) is 18.3. The van der Waals surface area contributed by atoms with Crippen molar-refractivity contribution >= 4 is 5.91 Å². The third-order valence-electron chi connectivity index (χ3n) is 8.88. The molecule has 1 saturated heterocycles. The molecule has 0 saturated carbocycles. The second-order valence-electron chi connectivity index (χ2n) is 12.4. The van der Waals surface area contributed by atoms with E-state index in [-0.39, 0.29) is 35.6 Å². The monoisotopic (exact) mass is 540 g/mol. The molecule has 0 aliphatic carbocycles. The van der Waals surface area contributed by atoms with Gasteiger partial charge in [-0.3, -0.25) is 9.69 Å². The number of allylic oxidation sites excluding steroid dienone is 2. The maximum atomic E-state index is 13.0. The van der Waals surface area contributed by atoms with Gasteiger partial charge >= 0.3 is 0 Å². The van der Waals surface area contributed by atoms with Crippen molar-refractivity contribution < 1.29 is 14.3 Å². The Morgan fingerprint density at radius 1 is 1.13 bits per heavy atom. The van der Waals surface area contributed by atoms with E-state index < -0.39 is 0 Å². The third-order valence-corrected chi connectivity index (χ3v) is 8.88. The van der Waals surface area contributed by atoms with Gasteiger partial charge in [-0.1, -0.05) is 39.8 Å². The molecule has 2 aliphatic rings. The van der Waals surface area contributed by atoms with Crippen molar-refractivity contribution in [3.63, 3.8) is 0 Å². The maximum absolute atomic E-state index is 13.0. The van der Waals surface area contributed by atoms with E-state index in [1.54, 1.807) is 7.11 Å². The molecule has 0 N–H and O–H groups in total. The zero-order chi connectivity index (χ0) is 29.1. The van der Waals surface area contributed by atoms with Gasteiger partial charge in [0.05, 0.1) is 19.3 Å². The van der Waals surface area contributed by atoms with Crippen LogP contribution in [0.25, 0.3) is 0 Å². The summed E-state index contributed by atoms with van der Waals surface area (Å²) >= 11 is 0. The second kappa shape index (κ2) is 12.8. The number of hydrazine groups is 1. The molecule has 1 aromatic carbocycles. The van der Waals surface area contributed by atoms with E-state index in [0.717, 1.165) is 35.6 Å². The quantitative estimate of drug-likeness (QED) is 0.379. The molecule has 2 aliphatic heterocycles. The number of carbonyl (C=O) groups excluding carboxylic acids is 1. The van der Waals surface area contributed by atoms with E-state index in [1.807, 2.05) is 29.2 Å². The minimum Gasteiger partial charge on any atom is -0.497 e. The van der Waals surface area contributed by atoms with Gasteiger partial charge in [0, 0.05) is 50.8 Å². The summed E-state index contributed by atoms with van der Waals surface area (Å²) in [6.45, 7) is 16.3. The molecule has 0 radical (unpaired) electrons. The molecule has 218 valence electrons. The predicted octanol–water partition coefficient (Wildman–Crippen LogP) is 6.06. The van der Waals surface area contributed by atoms with Crippen molar-refractivity contribution in [3.05, 3.63) is 53.4 Å². The summed E-state index contributed by atoms with van der Waals surface area (Å²) in [6, 6.07) is 8.45. The zero-order valence-electron chi connectivity index (χ0n) is 26.2. The summed E-state index contributed by atoms with van der Waals surface area (Å²) in [5, 5.41) is 4.54. The molecule has 0 aromatic heterocycles. The van der Waals surface area contributed by atoms with E-state index in [9.17, 15) is 4.79 Å². The Kier molecular flexibility index (Phi) is 10.2. The van der Waals surface area contributed by atoms with E-state index in [0.29, 0.717) is 19.0 Å². The standard InChI is InChI=1S/C32H52N4O3/c1-12-29(32(5,6)7)33(8)30-18-17-28(19-22(2)34(9)35(30)10)39-24(4)26-20-31(37)36(21-26)23(3)25-13-15-27(38-11)16-14-25/h13-17,19,23-24,26,29-30H,12,18,20-21H2,1-11H3/b22-19+,28-17+/t23-,24+,26+,29?,30?/m0/s1. The van der Waals surface area contributed by atoms with Crippen LogP contribution in [-0.4, -0.2) is 78.8 Å². The fraction of sp³-hybridized carbons (Fsp3) is 0.656. The normalized spacial score (nSPS) is 26.3. The number of nitrogens with zero attached hydrogens (tertiary/aromatic N) is 4. The molecule has 0 bridgehead atoms. The Bertz CT molecular complexity index is 1030. The fourth-order valence-electron chi connectivity index (χ4n) is 6.23. The van der Waals surface area contributed by atoms with Crippen LogP contribution in [0.2, 0.25) is 0 Å². The highest BCUT2D eigenvalue weighted by atomic mass is 16.5. The molecule has 39 heavy (non-hydrogen) atoms. The van der Waals surface area contributed by atoms with Crippen molar-refractivity contribution in [1.82, 2.24) is 19.8 Å². The number of likely N-dealkylation sites (tertiary alicyclic amines) is 1. The number of ether oxygens (including phenoxy) is 2. The largest absolute Gasteiger partial charge is 0.497 e. The van der Waals surface area contributed by atoms with Gasteiger partial charge in [0.25, 0.3) is 0 Å². The van der Waals surface area contributed by atoms with Crippen molar-refractivity contribution in [1.29, 1.82) is 0 Å². The van der Waals surface area contributed by atoms with Crippen molar-refractivity contribution in [2.24, 2.45) is 11.3 Å². The lowest BCUT2D eigenvalue weighted by Crippen LogP contribution is -2.56. The average molecular weight is 541 g/mol. The van der Waals surface area contributed by atoms with Crippen LogP contribution >= 0.6 is 0 Å². The molecule has 3 rings (SSSR count). The van der Waals surface area contributed by atoms with Gasteiger partial charge in [0.1, 0.15) is 17.6 Å². The highest BCUT2D eigenvalue weighted by molar-refractivity contribution is 5.79. The topological polar surface area (TPSA) is 48.5 Å². The van der Waals surface area contributed by atoms with Crippen LogP contribution in [0.15, 0.2) is 47.9 Å². The Hall–Kier alpha value is -2.51. The van der Waals surface area contributed by atoms with Crippen LogP contribution < -0.4 is 4.74 Å². The van der Waals surface area contributed by atoms with Crippen LogP contribution in [0.4, 0.5) is 0 Å². The second-order valence-corrected chi connectivity index (χ2v) is 12.4. The lowest BCUT2D eigenvalue weighted by atomic mass is 9.84. The number of hydrogen-bond acceptors (Lipinski definition) is 6. The van der Waals surface area contributed by atoms with Crippen LogP contribution in [0.5, 0.6) is 5.75 Å². The molecule has 0 spiro atoms. The molecule has 7 nitrogen and oxygen atoms in total. The predicted molar refractivity (Wildman–Crippen MR) is 159 cm³/mol. The first kappa shape index (κ1) is 31.0. The van der Waals surface area contributed by atoms with Crippen LogP contribution in [-0.2, 0) is 9.53 Å². The maximum Gasteiger partial charge on any atom is 0.223 e. The van der Waals surface area contributed by atoms with Gasteiger partial charge in [0.2, 0.25) is 5.91 Å². The Morgan fingerprint density at radius 3 is 2.33 bits per heavy atom. The van der Waals surface area contributed by atoms with Crippen LogP contribution in [0, 0.1) is 11.3 Å². The van der Waals surface area contributed by atoms with Gasteiger partial charge in [-0.2, -0.15) is 0 Å². The Balaban J connectivity index is 1.73. The van der Waals surface area contributed by atoms with Gasteiger partial charge in [-0.05, 0) is 69.8 Å². The number of amides is 1. The van der Waals surface area contributed by atoms with Crippen molar-refractivity contribution in [2.45, 2.75) is 92.1 Å². The molecular weight excluding hydrogens is 488 g/mol. The minimum atomic E-state index is -0.0751. The van der Waals surface area contributed by atoms with E-state index in [2.05, 4.69) is 96.7 Å². The highest BCUT2D eigenvalue weighted by Crippen LogP contribution is 2.34. The van der Waals surface area contributed by atoms with Crippen molar-refractivity contribution in [2.75, 3.05) is 34.8 Å². The molecule has 5 atom stereocenters. The lowest BCUT2D eigenvalue weighted by molar-refractivity contribution is -0.129. The number of hydrogen-bond donors (Lipinski definition) is 0. The van der Waals surface area contributed by atoms with E-state index in [1.165, 1.54) is 0 Å². The fourth-order valence-corrected chi connectivity index (χ4v) is 6.23. The number of carbonyl (C=O) groups is 1. The lowest BCUT2D eigenvalue weighted by Gasteiger charge is -2.47. The molecular formula is C32H52N4O3. The smallest absolute Gasteiger partial charge is 0.223 e. The van der Waals surface area contributed by atoms with Gasteiger partial charge < -0.3 is 19.4 Å². The molecule has 1 fully saturated rings. The first-order valence-corrected chi connectivity index (χ1v) is 14.4. The number of rotatable bonds is 9. The summed E-state index contributed by atoms with van der Waals surface area (Å²) in [5.41, 5.74) is 2.41. The SMILES string of the molecule is CCC(N(C)C1C/C=C(O[C@H](C)[C@@H]2CC(=O)N([C@@H](C)c3ccc(OC)cc3)C2)\C=C(/C)N(C)N1C)C(C)(C)C. The summed E-state index contributed by atoms with van der Waals surface area (Å²) < 4.78 is 11.9. The highest BCUT2D eigenvalue weighted by Gasteiger charge is 2.38. The molecule has 7 heteroatoms.